The van der Waals surface area contributed by atoms with Crippen LogP contribution in [-0.2, 0) is 13.1 Å². The molecule has 2 N–H and O–H groups in total. The molecule has 0 aliphatic rings. The Morgan fingerprint density at radius 3 is 2.56 bits per heavy atom. The molecule has 18 heavy (non-hydrogen) atoms. The van der Waals surface area contributed by atoms with E-state index in [9.17, 15) is 5.11 Å². The average molecular weight is 261 g/mol. The van der Waals surface area contributed by atoms with Crippen molar-refractivity contribution in [3.05, 3.63) is 50.7 Å². The minimum atomic E-state index is 0.406. The van der Waals surface area contributed by atoms with Gasteiger partial charge in [-0.3, -0.25) is 0 Å². The maximum Gasteiger partial charge on any atom is 0.122 e. The lowest BCUT2D eigenvalue weighted by atomic mass is 10.1. The highest BCUT2D eigenvalue weighted by Gasteiger charge is 2.04. The first-order chi connectivity index (χ1) is 8.58. The summed E-state index contributed by atoms with van der Waals surface area (Å²) in [6, 6.07) is 8.08. The molecule has 0 aliphatic heterocycles. The van der Waals surface area contributed by atoms with Gasteiger partial charge in [-0.05, 0) is 38.0 Å². The first-order valence-electron chi connectivity index (χ1n) is 6.12. The molecule has 0 aliphatic carbocycles. The van der Waals surface area contributed by atoms with Crippen molar-refractivity contribution in [3.63, 3.8) is 0 Å². The van der Waals surface area contributed by atoms with E-state index < -0.39 is 0 Å². The first kappa shape index (κ1) is 13.1. The van der Waals surface area contributed by atoms with Gasteiger partial charge in [0.15, 0.2) is 0 Å². The summed E-state index contributed by atoms with van der Waals surface area (Å²) in [6.45, 7) is 7.76. The number of phenolic OH excluding ortho intramolecular Hbond substituents is 1. The van der Waals surface area contributed by atoms with E-state index in [4.69, 9.17) is 0 Å². The SMILES string of the molecule is Cc1cc(CNCc2cccc(C)c2O)sc1C. The lowest BCUT2D eigenvalue weighted by Gasteiger charge is -2.07. The van der Waals surface area contributed by atoms with Crippen LogP contribution in [0, 0.1) is 20.8 Å². The number of para-hydroxylation sites is 1. The Kier molecular flexibility index (Phi) is 4.04. The van der Waals surface area contributed by atoms with Crippen molar-refractivity contribution >= 4 is 11.3 Å². The molecule has 2 rings (SSSR count). The van der Waals surface area contributed by atoms with Crippen molar-refractivity contribution in [3.8, 4) is 5.75 Å². The van der Waals surface area contributed by atoms with Gasteiger partial charge >= 0.3 is 0 Å². The molecule has 0 radical (unpaired) electrons. The zero-order valence-corrected chi connectivity index (χ0v) is 11.9. The highest BCUT2D eigenvalue weighted by atomic mass is 32.1. The summed E-state index contributed by atoms with van der Waals surface area (Å²) in [5.41, 5.74) is 3.24. The summed E-state index contributed by atoms with van der Waals surface area (Å²) < 4.78 is 0. The summed E-state index contributed by atoms with van der Waals surface area (Å²) in [4.78, 5) is 2.72. The molecule has 0 amide bonds. The largest absolute Gasteiger partial charge is 0.507 e. The number of rotatable bonds is 4. The van der Waals surface area contributed by atoms with Crippen molar-refractivity contribution in [2.75, 3.05) is 0 Å². The molecule has 0 unspecified atom stereocenters. The Hall–Kier alpha value is -1.32. The smallest absolute Gasteiger partial charge is 0.122 e. The molecule has 3 heteroatoms. The predicted molar refractivity (Wildman–Crippen MR) is 77.2 cm³/mol. The van der Waals surface area contributed by atoms with Gasteiger partial charge in [-0.2, -0.15) is 0 Å². The van der Waals surface area contributed by atoms with Gasteiger partial charge in [0.05, 0.1) is 0 Å². The minimum absolute atomic E-state index is 0.406. The van der Waals surface area contributed by atoms with Crippen molar-refractivity contribution in [1.29, 1.82) is 0 Å². The number of aryl methyl sites for hydroxylation is 3. The molecule has 0 bridgehead atoms. The fourth-order valence-electron chi connectivity index (χ4n) is 1.92. The Labute approximate surface area is 112 Å². The van der Waals surface area contributed by atoms with Crippen LogP contribution < -0.4 is 5.32 Å². The second-order valence-electron chi connectivity index (χ2n) is 4.64. The van der Waals surface area contributed by atoms with E-state index in [0.29, 0.717) is 12.3 Å². The van der Waals surface area contributed by atoms with Gasteiger partial charge in [-0.25, -0.2) is 0 Å². The number of phenols is 1. The van der Waals surface area contributed by atoms with Crippen molar-refractivity contribution in [2.45, 2.75) is 33.9 Å². The van der Waals surface area contributed by atoms with Crippen LogP contribution in [0.1, 0.15) is 26.4 Å². The van der Waals surface area contributed by atoms with Crippen molar-refractivity contribution in [1.82, 2.24) is 5.32 Å². The molecule has 2 aromatic rings. The van der Waals surface area contributed by atoms with Crippen LogP contribution in [0.4, 0.5) is 0 Å². The van der Waals surface area contributed by atoms with Crippen LogP contribution in [0.5, 0.6) is 5.75 Å². The molecule has 0 fully saturated rings. The predicted octanol–water partition coefficient (Wildman–Crippen LogP) is 3.67. The van der Waals surface area contributed by atoms with Gasteiger partial charge in [0.2, 0.25) is 0 Å². The Balaban J connectivity index is 1.94. The zero-order valence-electron chi connectivity index (χ0n) is 11.1. The maximum atomic E-state index is 9.91. The van der Waals surface area contributed by atoms with Gasteiger partial charge in [0.25, 0.3) is 0 Å². The van der Waals surface area contributed by atoms with Gasteiger partial charge in [-0.15, -0.1) is 11.3 Å². The summed E-state index contributed by atoms with van der Waals surface area (Å²) >= 11 is 1.83. The maximum absolute atomic E-state index is 9.91. The molecule has 1 aromatic heterocycles. The number of nitrogens with one attached hydrogen (secondary N) is 1. The van der Waals surface area contributed by atoms with Crippen LogP contribution in [0.15, 0.2) is 24.3 Å². The molecular formula is C15H19NOS. The summed E-state index contributed by atoms with van der Waals surface area (Å²) in [5.74, 6) is 0.406. The summed E-state index contributed by atoms with van der Waals surface area (Å²) in [6.07, 6.45) is 0. The second kappa shape index (κ2) is 5.55. The molecule has 1 heterocycles. The molecule has 0 atom stereocenters. The van der Waals surface area contributed by atoms with Gasteiger partial charge in [0.1, 0.15) is 5.75 Å². The fourth-order valence-corrected chi connectivity index (χ4v) is 2.94. The number of hydrogen-bond acceptors (Lipinski definition) is 3. The van der Waals surface area contributed by atoms with E-state index in [1.54, 1.807) is 0 Å². The third kappa shape index (κ3) is 2.92. The molecule has 2 nitrogen and oxygen atoms in total. The normalized spacial score (nSPS) is 10.8. The molecule has 1 aromatic carbocycles. The second-order valence-corrected chi connectivity index (χ2v) is 5.98. The summed E-state index contributed by atoms with van der Waals surface area (Å²) in [5, 5.41) is 13.3. The Morgan fingerprint density at radius 2 is 1.89 bits per heavy atom. The molecule has 0 saturated carbocycles. The monoisotopic (exact) mass is 261 g/mol. The van der Waals surface area contributed by atoms with Crippen molar-refractivity contribution in [2.24, 2.45) is 0 Å². The lowest BCUT2D eigenvalue weighted by Crippen LogP contribution is -2.12. The van der Waals surface area contributed by atoms with E-state index in [2.05, 4.69) is 25.2 Å². The van der Waals surface area contributed by atoms with Crippen LogP contribution >= 0.6 is 11.3 Å². The van der Waals surface area contributed by atoms with E-state index in [1.807, 2.05) is 36.5 Å². The summed E-state index contributed by atoms with van der Waals surface area (Å²) in [7, 11) is 0. The highest BCUT2D eigenvalue weighted by molar-refractivity contribution is 7.12. The number of thiophene rings is 1. The first-order valence-corrected chi connectivity index (χ1v) is 6.93. The number of aromatic hydroxyl groups is 1. The third-order valence-corrected chi connectivity index (χ3v) is 4.31. The minimum Gasteiger partial charge on any atom is -0.507 e. The van der Waals surface area contributed by atoms with E-state index in [-0.39, 0.29) is 0 Å². The molecule has 0 saturated heterocycles. The quantitative estimate of drug-likeness (QED) is 0.880. The van der Waals surface area contributed by atoms with Gasteiger partial charge in [-0.1, -0.05) is 18.2 Å². The Morgan fingerprint density at radius 1 is 1.11 bits per heavy atom. The number of hydrogen-bond donors (Lipinski definition) is 2. The zero-order chi connectivity index (χ0) is 13.1. The average Bonchev–Trinajstić information content (AvgIpc) is 2.64. The van der Waals surface area contributed by atoms with Crippen LogP contribution in [0.25, 0.3) is 0 Å². The molecular weight excluding hydrogens is 242 g/mol. The Bertz CT molecular complexity index is 526. The van der Waals surface area contributed by atoms with Gasteiger partial charge < -0.3 is 10.4 Å². The third-order valence-electron chi connectivity index (χ3n) is 3.15. The lowest BCUT2D eigenvalue weighted by molar-refractivity contribution is 0.460. The number of benzene rings is 1. The molecule has 0 spiro atoms. The van der Waals surface area contributed by atoms with E-state index in [0.717, 1.165) is 17.7 Å². The van der Waals surface area contributed by atoms with E-state index >= 15 is 0 Å². The van der Waals surface area contributed by atoms with Crippen LogP contribution in [0.3, 0.4) is 0 Å². The molecule has 96 valence electrons. The standard InChI is InChI=1S/C15H19NOS/c1-10-5-4-6-13(15(10)17)8-16-9-14-7-11(2)12(3)18-14/h4-7,16-17H,8-9H2,1-3H3. The highest BCUT2D eigenvalue weighted by Crippen LogP contribution is 2.22. The van der Waals surface area contributed by atoms with Crippen LogP contribution in [-0.4, -0.2) is 5.11 Å². The van der Waals surface area contributed by atoms with E-state index in [1.165, 1.54) is 15.3 Å². The topological polar surface area (TPSA) is 32.3 Å². The van der Waals surface area contributed by atoms with Gasteiger partial charge in [0, 0.05) is 28.4 Å². The van der Waals surface area contributed by atoms with Crippen LogP contribution in [0.2, 0.25) is 0 Å². The van der Waals surface area contributed by atoms with Crippen molar-refractivity contribution < 1.29 is 5.11 Å². The fraction of sp³-hybridized carbons (Fsp3) is 0.333.